The van der Waals surface area contributed by atoms with E-state index in [4.69, 9.17) is 4.74 Å². The number of piperidine rings is 1. The first kappa shape index (κ1) is 18.9. The summed E-state index contributed by atoms with van der Waals surface area (Å²) in [5.41, 5.74) is 0.790. The normalized spacial score (nSPS) is 26.3. The van der Waals surface area contributed by atoms with Gasteiger partial charge in [-0.25, -0.2) is 4.68 Å². The molecule has 150 valence electrons. The van der Waals surface area contributed by atoms with E-state index in [1.165, 1.54) is 45.2 Å². The Morgan fingerprint density at radius 2 is 2.00 bits per heavy atom. The summed E-state index contributed by atoms with van der Waals surface area (Å²) in [7, 11) is 0. The molecule has 1 amide bonds. The Kier molecular flexibility index (Phi) is 5.50. The van der Waals surface area contributed by atoms with Gasteiger partial charge < -0.3 is 15.0 Å². The van der Waals surface area contributed by atoms with E-state index < -0.39 is 0 Å². The standard InChI is InChI=1S/C20H33N5O2/c1-15(2)13-21-19(26)17-14-25(23-22-17)18-3-6-20(18)7-9-24(10-8-20)16-4-11-27-12-5-16/h14-16,18H,3-13H2,1-2H3,(H,21,26). The monoisotopic (exact) mass is 375 g/mol. The summed E-state index contributed by atoms with van der Waals surface area (Å²) in [4.78, 5) is 14.9. The first-order valence-electron chi connectivity index (χ1n) is 10.6. The van der Waals surface area contributed by atoms with Crippen molar-refractivity contribution in [3.05, 3.63) is 11.9 Å². The third kappa shape index (κ3) is 3.90. The van der Waals surface area contributed by atoms with Gasteiger partial charge in [0.1, 0.15) is 0 Å². The number of carbonyl (C=O) groups is 1. The maximum Gasteiger partial charge on any atom is 0.273 e. The Bertz CT molecular complexity index is 645. The maximum atomic E-state index is 12.2. The molecule has 3 heterocycles. The zero-order valence-electron chi connectivity index (χ0n) is 16.7. The molecule has 4 rings (SSSR count). The molecule has 7 heteroatoms. The molecule has 2 saturated heterocycles. The van der Waals surface area contributed by atoms with Gasteiger partial charge in [0.15, 0.2) is 5.69 Å². The molecule has 1 aliphatic carbocycles. The van der Waals surface area contributed by atoms with Crippen LogP contribution in [-0.4, -0.2) is 64.7 Å². The van der Waals surface area contributed by atoms with E-state index in [1.54, 1.807) is 0 Å². The van der Waals surface area contributed by atoms with Gasteiger partial charge in [-0.2, -0.15) is 0 Å². The van der Waals surface area contributed by atoms with Gasteiger partial charge >= 0.3 is 0 Å². The minimum absolute atomic E-state index is 0.113. The lowest BCUT2D eigenvalue weighted by Gasteiger charge is -2.54. The topological polar surface area (TPSA) is 72.3 Å². The van der Waals surface area contributed by atoms with Crippen LogP contribution in [0.4, 0.5) is 0 Å². The fourth-order valence-corrected chi connectivity index (χ4v) is 4.98. The van der Waals surface area contributed by atoms with Crippen molar-refractivity contribution in [2.75, 3.05) is 32.8 Å². The number of nitrogens with one attached hydrogen (secondary N) is 1. The third-order valence-electron chi connectivity index (χ3n) is 6.86. The van der Waals surface area contributed by atoms with Crippen molar-refractivity contribution in [1.29, 1.82) is 0 Å². The Morgan fingerprint density at radius 1 is 1.26 bits per heavy atom. The number of aromatic nitrogens is 3. The molecule has 1 N–H and O–H groups in total. The van der Waals surface area contributed by atoms with Crippen molar-refractivity contribution in [3.8, 4) is 0 Å². The van der Waals surface area contributed by atoms with E-state index in [1.807, 2.05) is 10.9 Å². The third-order valence-corrected chi connectivity index (χ3v) is 6.86. The van der Waals surface area contributed by atoms with Crippen LogP contribution in [0.1, 0.15) is 68.9 Å². The molecule has 1 saturated carbocycles. The molecule has 7 nitrogen and oxygen atoms in total. The van der Waals surface area contributed by atoms with Gasteiger partial charge in [-0.15, -0.1) is 5.10 Å². The van der Waals surface area contributed by atoms with Crippen LogP contribution in [-0.2, 0) is 4.74 Å². The summed E-state index contributed by atoms with van der Waals surface area (Å²) in [6, 6.07) is 1.10. The summed E-state index contributed by atoms with van der Waals surface area (Å²) in [6.07, 6.45) is 9.07. The first-order valence-corrected chi connectivity index (χ1v) is 10.6. The average molecular weight is 376 g/mol. The number of ether oxygens (including phenoxy) is 1. The summed E-state index contributed by atoms with van der Waals surface area (Å²) in [5.74, 6) is 0.317. The molecule has 27 heavy (non-hydrogen) atoms. The molecule has 1 unspecified atom stereocenters. The highest BCUT2D eigenvalue weighted by Gasteiger charge is 2.50. The molecule has 0 bridgehead atoms. The van der Waals surface area contributed by atoms with Gasteiger partial charge in [0.25, 0.3) is 5.91 Å². The van der Waals surface area contributed by atoms with Gasteiger partial charge in [0, 0.05) is 25.8 Å². The number of amides is 1. The Balaban J connectivity index is 1.35. The first-order chi connectivity index (χ1) is 13.1. The highest BCUT2D eigenvalue weighted by Crippen LogP contribution is 2.56. The molecule has 2 aliphatic heterocycles. The Hall–Kier alpha value is -1.47. The SMILES string of the molecule is CC(C)CNC(=O)c1cn(C2CCC23CCN(C2CCOCC2)CC3)nn1. The van der Waals surface area contributed by atoms with E-state index >= 15 is 0 Å². The lowest BCUT2D eigenvalue weighted by molar-refractivity contribution is -0.0547. The number of carbonyl (C=O) groups excluding carboxylic acids is 1. The van der Waals surface area contributed by atoms with Gasteiger partial charge in [-0.1, -0.05) is 19.1 Å². The second-order valence-electron chi connectivity index (χ2n) is 8.98. The number of likely N-dealkylation sites (tertiary alicyclic amines) is 1. The van der Waals surface area contributed by atoms with Crippen LogP contribution in [0.3, 0.4) is 0 Å². The fraction of sp³-hybridized carbons (Fsp3) is 0.850. The molecular formula is C20H33N5O2. The van der Waals surface area contributed by atoms with Crippen LogP contribution in [0.5, 0.6) is 0 Å². The summed E-state index contributed by atoms with van der Waals surface area (Å²) >= 11 is 0. The molecule has 1 spiro atoms. The fourth-order valence-electron chi connectivity index (χ4n) is 4.98. The summed E-state index contributed by atoms with van der Waals surface area (Å²) in [5, 5.41) is 11.4. The summed E-state index contributed by atoms with van der Waals surface area (Å²) < 4.78 is 7.48. The van der Waals surface area contributed by atoms with Crippen LogP contribution in [0.2, 0.25) is 0 Å². The van der Waals surface area contributed by atoms with Gasteiger partial charge in [-0.05, 0) is 62.9 Å². The van der Waals surface area contributed by atoms with E-state index in [0.29, 0.717) is 35.7 Å². The van der Waals surface area contributed by atoms with Crippen molar-refractivity contribution in [2.24, 2.45) is 11.3 Å². The zero-order valence-corrected chi connectivity index (χ0v) is 16.7. The van der Waals surface area contributed by atoms with Crippen LogP contribution >= 0.6 is 0 Å². The van der Waals surface area contributed by atoms with Gasteiger partial charge in [-0.3, -0.25) is 4.79 Å². The lowest BCUT2D eigenvalue weighted by Crippen LogP contribution is -2.53. The highest BCUT2D eigenvalue weighted by atomic mass is 16.5. The van der Waals surface area contributed by atoms with E-state index in [-0.39, 0.29) is 5.91 Å². The number of nitrogens with zero attached hydrogens (tertiary/aromatic N) is 4. The molecule has 1 atom stereocenters. The van der Waals surface area contributed by atoms with E-state index in [9.17, 15) is 4.79 Å². The van der Waals surface area contributed by atoms with E-state index in [0.717, 1.165) is 19.6 Å². The van der Waals surface area contributed by atoms with Crippen LogP contribution in [0, 0.1) is 11.3 Å². The lowest BCUT2D eigenvalue weighted by atomic mass is 9.59. The predicted molar refractivity (Wildman–Crippen MR) is 103 cm³/mol. The quantitative estimate of drug-likeness (QED) is 0.855. The second-order valence-corrected chi connectivity index (χ2v) is 8.98. The number of rotatable bonds is 5. The number of hydrogen-bond acceptors (Lipinski definition) is 5. The van der Waals surface area contributed by atoms with Crippen LogP contribution in [0.25, 0.3) is 0 Å². The van der Waals surface area contributed by atoms with Crippen molar-refractivity contribution in [1.82, 2.24) is 25.2 Å². The molecular weight excluding hydrogens is 342 g/mol. The minimum atomic E-state index is -0.113. The highest BCUT2D eigenvalue weighted by molar-refractivity contribution is 5.91. The van der Waals surface area contributed by atoms with E-state index in [2.05, 4.69) is 34.4 Å². The molecule has 0 radical (unpaired) electrons. The smallest absolute Gasteiger partial charge is 0.273 e. The zero-order chi connectivity index (χ0) is 18.9. The van der Waals surface area contributed by atoms with Gasteiger partial charge in [0.2, 0.25) is 0 Å². The molecule has 1 aromatic rings. The molecule has 3 aliphatic rings. The van der Waals surface area contributed by atoms with Crippen molar-refractivity contribution < 1.29 is 9.53 Å². The predicted octanol–water partition coefficient (Wildman–Crippen LogP) is 2.26. The molecule has 1 aromatic heterocycles. The van der Waals surface area contributed by atoms with Crippen molar-refractivity contribution >= 4 is 5.91 Å². The van der Waals surface area contributed by atoms with Crippen molar-refractivity contribution in [2.45, 2.75) is 64.5 Å². The van der Waals surface area contributed by atoms with Gasteiger partial charge in [0.05, 0.1) is 12.2 Å². The Labute approximate surface area is 161 Å². The minimum Gasteiger partial charge on any atom is -0.381 e. The summed E-state index contributed by atoms with van der Waals surface area (Å²) in [6.45, 7) is 9.02. The average Bonchev–Trinajstić information content (AvgIpc) is 3.15. The molecule has 3 fully saturated rings. The van der Waals surface area contributed by atoms with Crippen LogP contribution in [0.15, 0.2) is 6.20 Å². The van der Waals surface area contributed by atoms with Crippen LogP contribution < -0.4 is 5.32 Å². The largest absolute Gasteiger partial charge is 0.381 e. The maximum absolute atomic E-state index is 12.2. The Morgan fingerprint density at radius 3 is 2.63 bits per heavy atom. The molecule has 0 aromatic carbocycles. The van der Waals surface area contributed by atoms with Crippen molar-refractivity contribution in [3.63, 3.8) is 0 Å². The number of hydrogen-bond donors (Lipinski definition) is 1. The second kappa shape index (κ2) is 7.87.